The van der Waals surface area contributed by atoms with Gasteiger partial charge < -0.3 is 10.0 Å². The number of hydrogen-bond acceptors (Lipinski definition) is 3. The van der Waals surface area contributed by atoms with Crippen LogP contribution in [0.1, 0.15) is 23.3 Å². The highest BCUT2D eigenvalue weighted by atomic mass is 79.9. The van der Waals surface area contributed by atoms with Gasteiger partial charge in [0.25, 0.3) is 5.91 Å². The normalized spacial score (nSPS) is 19.6. The predicted octanol–water partition coefficient (Wildman–Crippen LogP) is 1.69. The molecule has 0 bridgehead atoms. The third-order valence-corrected chi connectivity index (χ3v) is 3.71. The number of amides is 1. The minimum atomic E-state index is -0.0297. The van der Waals surface area contributed by atoms with E-state index in [-0.39, 0.29) is 12.5 Å². The molecule has 0 spiro atoms. The molecule has 1 atom stereocenters. The lowest BCUT2D eigenvalue weighted by Gasteiger charge is -2.16. The highest BCUT2D eigenvalue weighted by molar-refractivity contribution is 9.10. The fourth-order valence-electron chi connectivity index (χ4n) is 2.13. The molecular weight excluding hydrogens is 284 g/mol. The van der Waals surface area contributed by atoms with E-state index in [1.807, 2.05) is 11.0 Å². The molecule has 1 N–H and O–H groups in total. The molecule has 1 amide bonds. The largest absolute Gasteiger partial charge is 0.396 e. The van der Waals surface area contributed by atoms with Crippen LogP contribution in [-0.2, 0) is 0 Å². The van der Waals surface area contributed by atoms with Crippen LogP contribution >= 0.6 is 15.9 Å². The van der Waals surface area contributed by atoms with Crippen LogP contribution in [0.2, 0.25) is 0 Å². The van der Waals surface area contributed by atoms with Crippen molar-refractivity contribution in [3.05, 3.63) is 28.5 Å². The van der Waals surface area contributed by atoms with Crippen LogP contribution in [0.3, 0.4) is 0 Å². The molecule has 0 aromatic carbocycles. The van der Waals surface area contributed by atoms with Crippen molar-refractivity contribution in [3.8, 4) is 0 Å². The second kappa shape index (κ2) is 5.60. The van der Waals surface area contributed by atoms with Crippen molar-refractivity contribution in [2.24, 2.45) is 5.92 Å². The van der Waals surface area contributed by atoms with Gasteiger partial charge in [-0.1, -0.05) is 0 Å². The number of halogens is 1. The van der Waals surface area contributed by atoms with Gasteiger partial charge in [0.2, 0.25) is 0 Å². The average Bonchev–Trinajstić information content (AvgIpc) is 2.78. The molecule has 2 heterocycles. The Bertz CT molecular complexity index is 411. The third-order valence-electron chi connectivity index (χ3n) is 3.07. The van der Waals surface area contributed by atoms with Crippen LogP contribution in [0.25, 0.3) is 0 Å². The number of carbonyl (C=O) groups excluding carboxylic acids is 1. The lowest BCUT2D eigenvalue weighted by Crippen LogP contribution is -2.29. The van der Waals surface area contributed by atoms with Gasteiger partial charge >= 0.3 is 0 Å². The first-order valence-corrected chi connectivity index (χ1v) is 6.52. The number of nitrogens with zero attached hydrogens (tertiary/aromatic N) is 2. The minimum absolute atomic E-state index is 0.0297. The average molecular weight is 299 g/mol. The van der Waals surface area contributed by atoms with Gasteiger partial charge in [0.05, 0.1) is 0 Å². The zero-order valence-corrected chi connectivity index (χ0v) is 11.1. The topological polar surface area (TPSA) is 53.4 Å². The molecule has 1 aromatic rings. The summed E-state index contributed by atoms with van der Waals surface area (Å²) < 4.78 is 0.732. The molecule has 2 rings (SSSR count). The van der Waals surface area contributed by atoms with Crippen molar-refractivity contribution in [2.75, 3.05) is 19.7 Å². The SMILES string of the molecule is O=C(c1ncccc1Br)N1CCC(CCO)C1. The standard InChI is InChI=1S/C12H15BrN2O2/c13-10-2-1-5-14-11(10)12(17)15-6-3-9(8-15)4-7-16/h1-2,5,9,16H,3-4,6-8H2. The van der Waals surface area contributed by atoms with Crippen molar-refractivity contribution >= 4 is 21.8 Å². The van der Waals surface area contributed by atoms with Gasteiger partial charge in [-0.2, -0.15) is 0 Å². The molecule has 0 aliphatic carbocycles. The van der Waals surface area contributed by atoms with Crippen LogP contribution in [-0.4, -0.2) is 40.6 Å². The number of carbonyl (C=O) groups is 1. The van der Waals surface area contributed by atoms with Gasteiger partial charge in [-0.25, -0.2) is 4.98 Å². The quantitative estimate of drug-likeness (QED) is 0.924. The van der Waals surface area contributed by atoms with Crippen LogP contribution in [0.15, 0.2) is 22.8 Å². The molecule has 4 nitrogen and oxygen atoms in total. The molecule has 0 radical (unpaired) electrons. The fraction of sp³-hybridized carbons (Fsp3) is 0.500. The molecule has 1 aromatic heterocycles. The number of pyridine rings is 1. The fourth-order valence-corrected chi connectivity index (χ4v) is 2.55. The summed E-state index contributed by atoms with van der Waals surface area (Å²) in [5.74, 6) is 0.393. The molecule has 17 heavy (non-hydrogen) atoms. The Labute approximate surface area is 109 Å². The van der Waals surface area contributed by atoms with E-state index in [1.165, 1.54) is 0 Å². The van der Waals surface area contributed by atoms with Crippen molar-refractivity contribution in [1.29, 1.82) is 0 Å². The van der Waals surface area contributed by atoms with Crippen LogP contribution in [0, 0.1) is 5.92 Å². The summed E-state index contributed by atoms with van der Waals surface area (Å²) in [5, 5.41) is 8.89. The Morgan fingerprint density at radius 1 is 1.65 bits per heavy atom. The van der Waals surface area contributed by atoms with Gasteiger partial charge in [0.1, 0.15) is 5.69 Å². The molecule has 1 aliphatic heterocycles. The zero-order chi connectivity index (χ0) is 12.3. The minimum Gasteiger partial charge on any atom is -0.396 e. The van der Waals surface area contributed by atoms with Crippen LogP contribution in [0.5, 0.6) is 0 Å². The Hall–Kier alpha value is -0.940. The van der Waals surface area contributed by atoms with Gasteiger partial charge in [0, 0.05) is 30.4 Å². The highest BCUT2D eigenvalue weighted by Gasteiger charge is 2.27. The second-order valence-corrected chi connectivity index (χ2v) is 5.11. The first kappa shape index (κ1) is 12.5. The second-order valence-electron chi connectivity index (χ2n) is 4.25. The molecule has 1 fully saturated rings. The summed E-state index contributed by atoms with van der Waals surface area (Å²) >= 11 is 3.34. The van der Waals surface area contributed by atoms with E-state index < -0.39 is 0 Å². The number of aliphatic hydroxyl groups is 1. The summed E-state index contributed by atoms with van der Waals surface area (Å²) in [6.45, 7) is 1.68. The predicted molar refractivity (Wildman–Crippen MR) is 67.7 cm³/mol. The number of aromatic nitrogens is 1. The maximum atomic E-state index is 12.2. The van der Waals surface area contributed by atoms with Gasteiger partial charge in [0.15, 0.2) is 0 Å². The van der Waals surface area contributed by atoms with E-state index in [2.05, 4.69) is 20.9 Å². The summed E-state index contributed by atoms with van der Waals surface area (Å²) in [6, 6.07) is 3.61. The van der Waals surface area contributed by atoms with E-state index in [4.69, 9.17) is 5.11 Å². The van der Waals surface area contributed by atoms with Crippen LogP contribution < -0.4 is 0 Å². The summed E-state index contributed by atoms with van der Waals surface area (Å²) in [6.07, 6.45) is 3.36. The molecular formula is C12H15BrN2O2. The van der Waals surface area contributed by atoms with Crippen molar-refractivity contribution in [3.63, 3.8) is 0 Å². The van der Waals surface area contributed by atoms with E-state index in [1.54, 1.807) is 12.3 Å². The Balaban J connectivity index is 2.05. The summed E-state index contributed by atoms with van der Waals surface area (Å²) in [7, 11) is 0. The summed E-state index contributed by atoms with van der Waals surface area (Å²) in [4.78, 5) is 18.1. The third kappa shape index (κ3) is 2.84. The summed E-state index contributed by atoms with van der Waals surface area (Å²) in [5.41, 5.74) is 0.470. The highest BCUT2D eigenvalue weighted by Crippen LogP contribution is 2.23. The van der Waals surface area contributed by atoms with E-state index >= 15 is 0 Å². The van der Waals surface area contributed by atoms with Crippen molar-refractivity contribution in [1.82, 2.24) is 9.88 Å². The monoisotopic (exact) mass is 298 g/mol. The van der Waals surface area contributed by atoms with Gasteiger partial charge in [-0.15, -0.1) is 0 Å². The first-order chi connectivity index (χ1) is 8.22. The molecule has 92 valence electrons. The van der Waals surface area contributed by atoms with Gasteiger partial charge in [-0.3, -0.25) is 4.79 Å². The van der Waals surface area contributed by atoms with Crippen molar-refractivity contribution in [2.45, 2.75) is 12.8 Å². The first-order valence-electron chi connectivity index (χ1n) is 5.73. The molecule has 0 saturated carbocycles. The van der Waals surface area contributed by atoms with E-state index in [0.717, 1.165) is 30.4 Å². The Kier molecular flexibility index (Phi) is 4.12. The number of rotatable bonds is 3. The van der Waals surface area contributed by atoms with E-state index in [0.29, 0.717) is 11.6 Å². The van der Waals surface area contributed by atoms with E-state index in [9.17, 15) is 4.79 Å². The molecule has 1 aliphatic rings. The smallest absolute Gasteiger partial charge is 0.273 e. The number of likely N-dealkylation sites (tertiary alicyclic amines) is 1. The van der Waals surface area contributed by atoms with Crippen LogP contribution in [0.4, 0.5) is 0 Å². The molecule has 1 saturated heterocycles. The lowest BCUT2D eigenvalue weighted by atomic mass is 10.1. The number of aliphatic hydroxyl groups excluding tert-OH is 1. The Morgan fingerprint density at radius 2 is 2.47 bits per heavy atom. The number of hydrogen-bond donors (Lipinski definition) is 1. The van der Waals surface area contributed by atoms with Gasteiger partial charge in [-0.05, 0) is 46.8 Å². The zero-order valence-electron chi connectivity index (χ0n) is 9.47. The maximum absolute atomic E-state index is 12.2. The maximum Gasteiger partial charge on any atom is 0.273 e. The Morgan fingerprint density at radius 3 is 3.18 bits per heavy atom. The molecule has 1 unspecified atom stereocenters. The van der Waals surface area contributed by atoms with Crippen molar-refractivity contribution < 1.29 is 9.90 Å². The lowest BCUT2D eigenvalue weighted by molar-refractivity contribution is 0.0778. The molecule has 5 heteroatoms.